The van der Waals surface area contributed by atoms with Gasteiger partial charge in [-0.15, -0.1) is 12.4 Å². The van der Waals surface area contributed by atoms with Gasteiger partial charge in [-0.25, -0.2) is 43.2 Å². The summed E-state index contributed by atoms with van der Waals surface area (Å²) >= 11 is 0. The van der Waals surface area contributed by atoms with E-state index in [9.17, 15) is 70.3 Å². The van der Waals surface area contributed by atoms with E-state index in [1.165, 1.54) is 60.7 Å². The van der Waals surface area contributed by atoms with Gasteiger partial charge in [0.2, 0.25) is 10.0 Å². The molecule has 408 valence electrons. The number of Topliss-reactive ketones (excluding diaryl/α,β-unsaturated/α-hetero) is 2. The molecule has 1 N–H and O–H groups in total. The largest absolute Gasteiger partial charge is 0.435 e. The van der Waals surface area contributed by atoms with Gasteiger partial charge in [0.15, 0.2) is 5.78 Å². The zero-order valence-corrected chi connectivity index (χ0v) is 42.4. The minimum Gasteiger partial charge on any atom is -0.435 e. The fraction of sp³-hybridized carbons (Fsp3) is 0.280. The Morgan fingerprint density at radius 3 is 1.47 bits per heavy atom. The first-order valence-corrected chi connectivity index (χ1v) is 26.2. The van der Waals surface area contributed by atoms with Gasteiger partial charge in [-0.1, -0.05) is 24.3 Å². The summed E-state index contributed by atoms with van der Waals surface area (Å²) in [6.07, 6.45) is -0.368. The number of alkyl halides is 6. The van der Waals surface area contributed by atoms with Crippen LogP contribution in [0.5, 0.6) is 11.5 Å². The molecule has 76 heavy (non-hydrogen) atoms. The predicted octanol–water partition coefficient (Wildman–Crippen LogP) is 10.8. The molecule has 4 aromatic carbocycles. The Kier molecular flexibility index (Phi) is 21.7. The number of hydrogen-bond acceptors (Lipinski definition) is 11. The van der Waals surface area contributed by atoms with Crippen LogP contribution in [-0.4, -0.2) is 93.4 Å². The molecular weight excluding hydrogens is 1110 g/mol. The Labute approximate surface area is 440 Å². The number of ketones is 2. The molecule has 6 aromatic rings. The van der Waals surface area contributed by atoms with E-state index in [4.69, 9.17) is 10.7 Å². The molecule has 4 heterocycles. The lowest BCUT2D eigenvalue weighted by atomic mass is 10.0. The maximum Gasteiger partial charge on any atom is 0.387 e. The van der Waals surface area contributed by atoms with Crippen molar-refractivity contribution in [1.29, 1.82) is 0 Å². The summed E-state index contributed by atoms with van der Waals surface area (Å²) in [5.74, 6) is -3.13. The molecule has 2 saturated heterocycles. The van der Waals surface area contributed by atoms with Gasteiger partial charge in [0, 0.05) is 72.0 Å². The van der Waals surface area contributed by atoms with Gasteiger partial charge in [-0.3, -0.25) is 19.6 Å². The minimum atomic E-state index is -4.24. The number of carbonyl (C=O) groups is 2. The number of pyridine rings is 2. The van der Waals surface area contributed by atoms with E-state index in [1.807, 2.05) is 0 Å². The molecule has 8 rings (SSSR count). The zero-order valence-electron chi connectivity index (χ0n) is 39.2. The first-order chi connectivity index (χ1) is 35.5. The van der Waals surface area contributed by atoms with Crippen LogP contribution in [0, 0.1) is 23.3 Å². The third kappa shape index (κ3) is 17.2. The molecule has 2 aromatic heterocycles. The standard InChI is InChI=1S/C25H21F5N2O4S.C19H18F4N2O2.C6H4ClFO2S.ClH/c26-16-3-8-20(9-4-16)37(34,35)32-14-17(27)11-23(32)24(33)10-5-18-12-21(22(28)13-31-18)15-1-6-19(7-2-15)36-25(29)30;20-12-7-17(25-9-12)18(26)6-3-13-8-15(16(21)10-24-13)11-1-4-14(5-2-11)27-19(22)23;7-11(9,10)6-3-1-5(8)2-4-6;/h1-4,6-9,12-13,17,23,25H,5,10-11,14H2;1-2,4-5,8,10,12,17,19,25H,3,6-7,9H2;1-4H;1H/t17-,23+;12-,17+;;/m11../s1. The molecule has 0 radical (unpaired) electrons. The monoisotopic (exact) mass is 1150 g/mol. The number of aromatic nitrogens is 2. The predicted molar refractivity (Wildman–Crippen MR) is 261 cm³/mol. The molecule has 0 amide bonds. The molecule has 2 aliphatic heterocycles. The van der Waals surface area contributed by atoms with Gasteiger partial charge >= 0.3 is 13.2 Å². The molecule has 4 atom stereocenters. The summed E-state index contributed by atoms with van der Waals surface area (Å²) in [6.45, 7) is -6.25. The average Bonchev–Trinajstić information content (AvgIpc) is 4.00. The van der Waals surface area contributed by atoms with Crippen molar-refractivity contribution in [2.45, 2.75) is 86.0 Å². The molecule has 0 spiro atoms. The van der Waals surface area contributed by atoms with Crippen LogP contribution < -0.4 is 14.8 Å². The van der Waals surface area contributed by atoms with E-state index in [-0.39, 0.29) is 89.3 Å². The number of rotatable bonds is 17. The maximum atomic E-state index is 14.4. The quantitative estimate of drug-likeness (QED) is 0.0683. The lowest BCUT2D eigenvalue weighted by molar-refractivity contribution is -0.122. The second-order valence-corrected chi connectivity index (χ2v) is 21.1. The summed E-state index contributed by atoms with van der Waals surface area (Å²) in [4.78, 5) is 32.7. The number of nitrogens with zero attached hydrogens (tertiary/aromatic N) is 3. The molecule has 0 saturated carbocycles. The van der Waals surface area contributed by atoms with Crippen LogP contribution >= 0.6 is 23.1 Å². The Morgan fingerprint density at radius 1 is 0.632 bits per heavy atom. The molecule has 12 nitrogen and oxygen atoms in total. The minimum absolute atomic E-state index is 0. The van der Waals surface area contributed by atoms with Crippen molar-refractivity contribution in [2.75, 3.05) is 13.1 Å². The van der Waals surface area contributed by atoms with Gasteiger partial charge < -0.3 is 14.8 Å². The molecule has 26 heteroatoms. The highest BCUT2D eigenvalue weighted by molar-refractivity contribution is 8.13. The number of sulfonamides is 1. The van der Waals surface area contributed by atoms with Gasteiger partial charge in [0.25, 0.3) is 9.05 Å². The van der Waals surface area contributed by atoms with E-state index in [0.29, 0.717) is 28.9 Å². The van der Waals surface area contributed by atoms with Crippen LogP contribution in [-0.2, 0) is 41.5 Å². The third-order valence-corrected chi connectivity index (χ3v) is 14.7. The van der Waals surface area contributed by atoms with Crippen LogP contribution in [0.3, 0.4) is 0 Å². The van der Waals surface area contributed by atoms with Gasteiger partial charge in [0.1, 0.15) is 52.9 Å². The molecule has 0 aliphatic carbocycles. The van der Waals surface area contributed by atoms with E-state index in [2.05, 4.69) is 24.8 Å². The van der Waals surface area contributed by atoms with Gasteiger partial charge in [-0.05, 0) is 109 Å². The summed E-state index contributed by atoms with van der Waals surface area (Å²) < 4.78 is 187. The second kappa shape index (κ2) is 27.2. The van der Waals surface area contributed by atoms with Crippen LogP contribution in [0.1, 0.15) is 37.1 Å². The van der Waals surface area contributed by atoms with Gasteiger partial charge in [-0.2, -0.15) is 21.9 Å². The van der Waals surface area contributed by atoms with Crippen LogP contribution in [0.15, 0.2) is 131 Å². The van der Waals surface area contributed by atoms with Crippen molar-refractivity contribution in [3.63, 3.8) is 0 Å². The van der Waals surface area contributed by atoms with E-state index >= 15 is 0 Å². The van der Waals surface area contributed by atoms with Crippen molar-refractivity contribution in [2.24, 2.45) is 0 Å². The lowest BCUT2D eigenvalue weighted by Crippen LogP contribution is -2.40. The van der Waals surface area contributed by atoms with E-state index < -0.39 is 92.3 Å². The molecule has 2 fully saturated rings. The van der Waals surface area contributed by atoms with Crippen LogP contribution in [0.2, 0.25) is 0 Å². The lowest BCUT2D eigenvalue weighted by Gasteiger charge is -2.22. The highest BCUT2D eigenvalue weighted by Gasteiger charge is 2.43. The van der Waals surface area contributed by atoms with E-state index in [1.54, 1.807) is 0 Å². The summed E-state index contributed by atoms with van der Waals surface area (Å²) in [5.41, 5.74) is 2.04. The van der Waals surface area contributed by atoms with Crippen molar-refractivity contribution in [3.05, 3.63) is 156 Å². The number of hydrogen-bond donors (Lipinski definition) is 1. The first-order valence-electron chi connectivity index (χ1n) is 22.4. The molecule has 0 unspecified atom stereocenters. The average molecular weight is 1150 g/mol. The van der Waals surface area contributed by atoms with Crippen LogP contribution in [0.25, 0.3) is 22.3 Å². The number of aryl methyl sites for hydroxylation is 2. The Balaban J connectivity index is 0.000000238. The zero-order chi connectivity index (χ0) is 54.6. The third-order valence-electron chi connectivity index (χ3n) is 11.4. The smallest absolute Gasteiger partial charge is 0.387 e. The van der Waals surface area contributed by atoms with Gasteiger partial charge in [0.05, 0.1) is 34.3 Å². The van der Waals surface area contributed by atoms with Crippen molar-refractivity contribution >= 4 is 53.7 Å². The van der Waals surface area contributed by atoms with Crippen LogP contribution in [0.4, 0.5) is 43.9 Å². The van der Waals surface area contributed by atoms with Crippen molar-refractivity contribution in [1.82, 2.24) is 19.6 Å². The van der Waals surface area contributed by atoms with E-state index in [0.717, 1.165) is 65.2 Å². The Hall–Kier alpha value is -6.18. The SMILES string of the molecule is Cl.O=C(CCc1cc(-c2ccc(OC(F)F)cc2)c(F)cn1)[C@@H]1C[C@@H](F)CN1.O=C(CCc1cc(-c2ccc(OC(F)F)cc2)c(F)cn1)[C@@H]1C[C@@H](F)CN1S(=O)(=O)c1ccc(F)cc1.O=S(=O)(Cl)c1ccc(F)cc1. The highest BCUT2D eigenvalue weighted by atomic mass is 35.7. The number of benzene rings is 4. The summed E-state index contributed by atoms with van der Waals surface area (Å²) in [6, 6.07) is 20.4. The van der Waals surface area contributed by atoms with Crippen molar-refractivity contribution < 1.29 is 79.8 Å². The summed E-state index contributed by atoms with van der Waals surface area (Å²) in [7, 11) is -3.00. The second-order valence-electron chi connectivity index (χ2n) is 16.6. The molecular formula is C50H44Cl2F10N4O8S2. The number of halogens is 12. The fourth-order valence-electron chi connectivity index (χ4n) is 7.75. The topological polar surface area (TPSA) is 162 Å². The molecule has 2 aliphatic rings. The number of nitrogens with one attached hydrogen (secondary N) is 1. The highest BCUT2D eigenvalue weighted by Crippen LogP contribution is 2.31. The normalized spacial score (nSPS) is 17.5. The Morgan fingerprint density at radius 2 is 1.07 bits per heavy atom. The maximum absolute atomic E-state index is 14.4. The fourth-order valence-corrected chi connectivity index (χ4v) is 10.2. The first kappa shape index (κ1) is 60.7. The summed E-state index contributed by atoms with van der Waals surface area (Å²) in [5, 5.41) is 2.84. The Bertz CT molecular complexity index is 3140. The van der Waals surface area contributed by atoms with Crippen molar-refractivity contribution in [3.8, 4) is 33.8 Å². The number of ether oxygens (including phenoxy) is 2. The molecule has 0 bridgehead atoms. The number of carbonyl (C=O) groups excluding carboxylic acids is 2.